The van der Waals surface area contributed by atoms with Gasteiger partial charge in [0.25, 0.3) is 0 Å². The molecule has 5 heteroatoms. The zero-order chi connectivity index (χ0) is 14.7. The van der Waals surface area contributed by atoms with E-state index in [0.29, 0.717) is 0 Å². The van der Waals surface area contributed by atoms with Crippen LogP contribution in [0.5, 0.6) is 0 Å². The third kappa shape index (κ3) is 3.53. The Morgan fingerprint density at radius 3 is 3.10 bits per heavy atom. The van der Waals surface area contributed by atoms with Gasteiger partial charge in [0.15, 0.2) is 5.65 Å². The molecule has 1 fully saturated rings. The van der Waals surface area contributed by atoms with Crippen molar-refractivity contribution >= 4 is 11.6 Å². The minimum Gasteiger partial charge on any atom is -0.353 e. The summed E-state index contributed by atoms with van der Waals surface area (Å²) in [6, 6.07) is 4.81. The second kappa shape index (κ2) is 6.43. The lowest BCUT2D eigenvalue weighted by molar-refractivity contribution is 0.160. The molecule has 1 saturated heterocycles. The summed E-state index contributed by atoms with van der Waals surface area (Å²) in [6.45, 7) is 7.76. The fraction of sp³-hybridized carbons (Fsp3) is 0.625. The average Bonchev–Trinajstić information content (AvgIpc) is 2.87. The predicted molar refractivity (Wildman–Crippen MR) is 85.7 cm³/mol. The Morgan fingerprint density at radius 2 is 2.24 bits per heavy atom. The van der Waals surface area contributed by atoms with Crippen molar-refractivity contribution in [3.8, 4) is 0 Å². The lowest BCUT2D eigenvalue weighted by Gasteiger charge is -2.33. The van der Waals surface area contributed by atoms with Crippen LogP contribution in [0.15, 0.2) is 18.3 Å². The molecule has 114 valence electrons. The highest BCUT2D eigenvalue weighted by atomic mass is 15.3. The first-order valence-electron chi connectivity index (χ1n) is 8.03. The number of hydrogen-bond donors (Lipinski definition) is 1. The van der Waals surface area contributed by atoms with Gasteiger partial charge in [-0.1, -0.05) is 12.5 Å². The Morgan fingerprint density at radius 1 is 1.33 bits per heavy atom. The molecule has 1 unspecified atom stereocenters. The first kappa shape index (κ1) is 14.3. The third-order valence-corrected chi connectivity index (χ3v) is 4.32. The van der Waals surface area contributed by atoms with Gasteiger partial charge in [0, 0.05) is 25.3 Å². The molecule has 0 radical (unpaired) electrons. The van der Waals surface area contributed by atoms with Crippen molar-refractivity contribution in [1.82, 2.24) is 19.5 Å². The third-order valence-electron chi connectivity index (χ3n) is 4.32. The van der Waals surface area contributed by atoms with Crippen molar-refractivity contribution < 1.29 is 0 Å². The lowest BCUT2D eigenvalue weighted by Crippen LogP contribution is -2.38. The number of piperidine rings is 1. The van der Waals surface area contributed by atoms with Gasteiger partial charge in [-0.15, -0.1) is 5.10 Å². The van der Waals surface area contributed by atoms with Crippen molar-refractivity contribution in [2.75, 3.05) is 25.0 Å². The summed E-state index contributed by atoms with van der Waals surface area (Å²) in [5.74, 6) is 0.729. The zero-order valence-electron chi connectivity index (χ0n) is 13.0. The summed E-state index contributed by atoms with van der Waals surface area (Å²) >= 11 is 0. The summed E-state index contributed by atoms with van der Waals surface area (Å²) in [6.07, 6.45) is 7.23. The standard InChI is InChI=1S/C16H25N5/c1-13-7-8-15-18-16(19-21(15)12-13)17-9-5-11-20-10-4-3-6-14(20)2/h7-8,12,14H,3-6,9-11H2,1-2H3,(H,17,19). The van der Waals surface area contributed by atoms with Crippen LogP contribution in [0.1, 0.15) is 38.2 Å². The smallest absolute Gasteiger partial charge is 0.243 e. The first-order chi connectivity index (χ1) is 10.2. The largest absolute Gasteiger partial charge is 0.353 e. The lowest BCUT2D eigenvalue weighted by atomic mass is 10.0. The number of likely N-dealkylation sites (tertiary alicyclic amines) is 1. The Balaban J connectivity index is 1.48. The van der Waals surface area contributed by atoms with E-state index in [1.165, 1.54) is 37.9 Å². The van der Waals surface area contributed by atoms with Crippen molar-refractivity contribution in [1.29, 1.82) is 0 Å². The molecule has 1 aliphatic heterocycles. The minimum atomic E-state index is 0.729. The molecule has 21 heavy (non-hydrogen) atoms. The van der Waals surface area contributed by atoms with Crippen molar-refractivity contribution in [3.63, 3.8) is 0 Å². The predicted octanol–water partition coefficient (Wildman–Crippen LogP) is 2.71. The second-order valence-corrected chi connectivity index (χ2v) is 6.11. The Kier molecular flexibility index (Phi) is 4.39. The van der Waals surface area contributed by atoms with Gasteiger partial charge >= 0.3 is 0 Å². The van der Waals surface area contributed by atoms with E-state index < -0.39 is 0 Å². The van der Waals surface area contributed by atoms with E-state index in [4.69, 9.17) is 0 Å². The number of anilines is 1. The molecular formula is C16H25N5. The van der Waals surface area contributed by atoms with E-state index in [9.17, 15) is 0 Å². The van der Waals surface area contributed by atoms with E-state index >= 15 is 0 Å². The molecule has 1 N–H and O–H groups in total. The van der Waals surface area contributed by atoms with E-state index in [-0.39, 0.29) is 0 Å². The normalized spacial score (nSPS) is 20.0. The van der Waals surface area contributed by atoms with Gasteiger partial charge in [0.05, 0.1) is 0 Å². The van der Waals surface area contributed by atoms with Crippen LogP contribution in [-0.2, 0) is 0 Å². The van der Waals surface area contributed by atoms with E-state index in [2.05, 4.69) is 40.2 Å². The maximum absolute atomic E-state index is 4.48. The molecule has 5 nitrogen and oxygen atoms in total. The van der Waals surface area contributed by atoms with Gasteiger partial charge in [-0.3, -0.25) is 0 Å². The van der Waals surface area contributed by atoms with Gasteiger partial charge in [-0.05, 0) is 51.3 Å². The quantitative estimate of drug-likeness (QED) is 0.859. The Bertz CT molecular complexity index is 591. The van der Waals surface area contributed by atoms with E-state index in [1.54, 1.807) is 0 Å². The minimum absolute atomic E-state index is 0.729. The Labute approximate surface area is 126 Å². The van der Waals surface area contributed by atoms with Crippen LogP contribution in [0.4, 0.5) is 5.95 Å². The van der Waals surface area contributed by atoms with Gasteiger partial charge in [0.2, 0.25) is 5.95 Å². The molecule has 3 heterocycles. The fourth-order valence-electron chi connectivity index (χ4n) is 3.03. The summed E-state index contributed by atoms with van der Waals surface area (Å²) in [5.41, 5.74) is 2.09. The van der Waals surface area contributed by atoms with Crippen LogP contribution in [0.3, 0.4) is 0 Å². The number of nitrogens with zero attached hydrogens (tertiary/aromatic N) is 4. The number of fused-ring (bicyclic) bond motifs is 1. The maximum atomic E-state index is 4.48. The molecule has 2 aromatic rings. The SMILES string of the molecule is Cc1ccc2nc(NCCCN3CCCCC3C)nn2c1. The number of pyridine rings is 1. The maximum Gasteiger partial charge on any atom is 0.243 e. The van der Waals surface area contributed by atoms with E-state index in [1.807, 2.05) is 16.8 Å². The second-order valence-electron chi connectivity index (χ2n) is 6.11. The number of rotatable bonds is 5. The van der Waals surface area contributed by atoms with Crippen LogP contribution < -0.4 is 5.32 Å². The van der Waals surface area contributed by atoms with Crippen molar-refractivity contribution in [2.24, 2.45) is 0 Å². The van der Waals surface area contributed by atoms with Gasteiger partial charge < -0.3 is 10.2 Å². The highest BCUT2D eigenvalue weighted by molar-refractivity contribution is 5.43. The highest BCUT2D eigenvalue weighted by Crippen LogP contribution is 2.16. The first-order valence-corrected chi connectivity index (χ1v) is 8.03. The van der Waals surface area contributed by atoms with Gasteiger partial charge in [-0.25, -0.2) is 4.52 Å². The number of aromatic nitrogens is 3. The summed E-state index contributed by atoms with van der Waals surface area (Å²) in [5, 5.41) is 7.79. The molecule has 0 bridgehead atoms. The van der Waals surface area contributed by atoms with Gasteiger partial charge in [-0.2, -0.15) is 4.98 Å². The molecule has 0 saturated carbocycles. The topological polar surface area (TPSA) is 45.5 Å². The Hall–Kier alpha value is -1.62. The van der Waals surface area contributed by atoms with Crippen LogP contribution in [0.2, 0.25) is 0 Å². The zero-order valence-corrected chi connectivity index (χ0v) is 13.0. The molecule has 0 aromatic carbocycles. The number of nitrogens with one attached hydrogen (secondary N) is 1. The molecule has 0 aliphatic carbocycles. The number of hydrogen-bond acceptors (Lipinski definition) is 4. The molecule has 3 rings (SSSR count). The summed E-state index contributed by atoms with van der Waals surface area (Å²) < 4.78 is 1.84. The molecular weight excluding hydrogens is 262 g/mol. The van der Waals surface area contributed by atoms with Crippen molar-refractivity contribution in [3.05, 3.63) is 23.9 Å². The molecule has 1 atom stereocenters. The fourth-order valence-corrected chi connectivity index (χ4v) is 3.03. The molecule has 0 amide bonds. The number of aryl methyl sites for hydroxylation is 1. The molecule has 0 spiro atoms. The summed E-state index contributed by atoms with van der Waals surface area (Å²) in [4.78, 5) is 7.08. The molecule has 1 aliphatic rings. The van der Waals surface area contributed by atoms with Crippen LogP contribution in [-0.4, -0.2) is 45.2 Å². The van der Waals surface area contributed by atoms with Crippen molar-refractivity contribution in [2.45, 2.75) is 45.6 Å². The average molecular weight is 287 g/mol. The monoisotopic (exact) mass is 287 g/mol. The van der Waals surface area contributed by atoms with Crippen LogP contribution in [0, 0.1) is 6.92 Å². The van der Waals surface area contributed by atoms with Gasteiger partial charge in [0.1, 0.15) is 0 Å². The molecule has 2 aromatic heterocycles. The highest BCUT2D eigenvalue weighted by Gasteiger charge is 2.17. The summed E-state index contributed by atoms with van der Waals surface area (Å²) in [7, 11) is 0. The van der Waals surface area contributed by atoms with Crippen LogP contribution >= 0.6 is 0 Å². The van der Waals surface area contributed by atoms with Crippen LogP contribution in [0.25, 0.3) is 5.65 Å². The van der Waals surface area contributed by atoms with E-state index in [0.717, 1.165) is 30.6 Å².